The molecule has 3 N–H and O–H groups in total. The highest BCUT2D eigenvalue weighted by molar-refractivity contribution is 6.30. The third-order valence-corrected chi connectivity index (χ3v) is 2.42. The van der Waals surface area contributed by atoms with Crippen molar-refractivity contribution < 1.29 is 9.90 Å². The van der Waals surface area contributed by atoms with E-state index in [2.05, 4.69) is 10.6 Å². The van der Waals surface area contributed by atoms with Gasteiger partial charge in [-0.15, -0.1) is 0 Å². The van der Waals surface area contributed by atoms with Crippen molar-refractivity contribution in [3.63, 3.8) is 0 Å². The molecule has 17 heavy (non-hydrogen) atoms. The Morgan fingerprint density at radius 1 is 1.35 bits per heavy atom. The fourth-order valence-corrected chi connectivity index (χ4v) is 1.40. The molecule has 1 atom stereocenters. The molecule has 1 unspecified atom stereocenters. The van der Waals surface area contributed by atoms with E-state index in [-0.39, 0.29) is 12.6 Å². The van der Waals surface area contributed by atoms with Crippen LogP contribution in [-0.4, -0.2) is 30.3 Å². The standard InChI is InChI=1S/C12H17ClN2O2/c1-9(16)8-15-12(17)14-7-6-10-2-4-11(13)5-3-10/h2-5,9,16H,6-8H2,1H3,(H2,14,15,17). The first-order chi connectivity index (χ1) is 8.08. The summed E-state index contributed by atoms with van der Waals surface area (Å²) in [6, 6.07) is 7.24. The van der Waals surface area contributed by atoms with E-state index in [0.717, 1.165) is 12.0 Å². The van der Waals surface area contributed by atoms with Gasteiger partial charge < -0.3 is 15.7 Å². The smallest absolute Gasteiger partial charge is 0.314 e. The molecule has 0 aliphatic carbocycles. The fraction of sp³-hybridized carbons (Fsp3) is 0.417. The first-order valence-electron chi connectivity index (χ1n) is 5.52. The van der Waals surface area contributed by atoms with Crippen LogP contribution in [0.3, 0.4) is 0 Å². The van der Waals surface area contributed by atoms with Crippen molar-refractivity contribution in [1.82, 2.24) is 10.6 Å². The molecule has 0 bridgehead atoms. The predicted octanol–water partition coefficient (Wildman–Crippen LogP) is 1.56. The van der Waals surface area contributed by atoms with Crippen molar-refractivity contribution in [1.29, 1.82) is 0 Å². The van der Waals surface area contributed by atoms with Gasteiger partial charge in [0.15, 0.2) is 0 Å². The first kappa shape index (κ1) is 13.8. The van der Waals surface area contributed by atoms with Crippen LogP contribution in [0.2, 0.25) is 5.02 Å². The molecular formula is C12H17ClN2O2. The highest BCUT2D eigenvalue weighted by Gasteiger charge is 2.01. The van der Waals surface area contributed by atoms with Gasteiger partial charge in [-0.2, -0.15) is 0 Å². The normalized spacial score (nSPS) is 11.9. The minimum Gasteiger partial charge on any atom is -0.392 e. The first-order valence-corrected chi connectivity index (χ1v) is 5.90. The van der Waals surface area contributed by atoms with Gasteiger partial charge in [-0.05, 0) is 31.0 Å². The van der Waals surface area contributed by atoms with Crippen molar-refractivity contribution in [3.05, 3.63) is 34.9 Å². The molecule has 5 heteroatoms. The summed E-state index contributed by atoms with van der Waals surface area (Å²) in [5, 5.41) is 14.9. The molecule has 0 fully saturated rings. The molecule has 0 spiro atoms. The zero-order valence-corrected chi connectivity index (χ0v) is 10.5. The molecule has 4 nitrogen and oxygen atoms in total. The maximum absolute atomic E-state index is 11.2. The highest BCUT2D eigenvalue weighted by Crippen LogP contribution is 2.09. The van der Waals surface area contributed by atoms with Crippen LogP contribution in [0.15, 0.2) is 24.3 Å². The number of nitrogens with one attached hydrogen (secondary N) is 2. The predicted molar refractivity (Wildman–Crippen MR) is 68.2 cm³/mol. The van der Waals surface area contributed by atoms with E-state index in [0.29, 0.717) is 11.6 Å². The van der Waals surface area contributed by atoms with Gasteiger partial charge >= 0.3 is 6.03 Å². The molecule has 94 valence electrons. The minimum atomic E-state index is -0.531. The molecule has 0 saturated heterocycles. The molecule has 0 heterocycles. The second kappa shape index (κ2) is 7.14. The molecule has 0 aliphatic heterocycles. The third-order valence-electron chi connectivity index (χ3n) is 2.17. The van der Waals surface area contributed by atoms with Crippen molar-refractivity contribution in [3.8, 4) is 0 Å². The number of carbonyl (C=O) groups is 1. The quantitative estimate of drug-likeness (QED) is 0.749. The Labute approximate surface area is 106 Å². The maximum atomic E-state index is 11.2. The average Bonchev–Trinajstić information content (AvgIpc) is 2.29. The van der Waals surface area contributed by atoms with E-state index >= 15 is 0 Å². The summed E-state index contributed by atoms with van der Waals surface area (Å²) in [7, 11) is 0. The molecule has 1 rings (SSSR count). The van der Waals surface area contributed by atoms with Gasteiger partial charge in [-0.1, -0.05) is 23.7 Å². The minimum absolute atomic E-state index is 0.257. The van der Waals surface area contributed by atoms with Crippen LogP contribution in [0.5, 0.6) is 0 Å². The summed E-state index contributed by atoms with van der Waals surface area (Å²) in [6.45, 7) is 2.42. The number of hydrogen-bond acceptors (Lipinski definition) is 2. The zero-order chi connectivity index (χ0) is 12.7. The topological polar surface area (TPSA) is 61.4 Å². The van der Waals surface area contributed by atoms with Gasteiger partial charge in [0.2, 0.25) is 0 Å². The Morgan fingerprint density at radius 3 is 2.59 bits per heavy atom. The van der Waals surface area contributed by atoms with Crippen molar-refractivity contribution in [2.75, 3.05) is 13.1 Å². The summed E-state index contributed by atoms with van der Waals surface area (Å²) in [6.07, 6.45) is 0.219. The molecular weight excluding hydrogens is 240 g/mol. The lowest BCUT2D eigenvalue weighted by Gasteiger charge is -2.08. The van der Waals surface area contributed by atoms with Crippen LogP contribution in [0.4, 0.5) is 4.79 Å². The van der Waals surface area contributed by atoms with Crippen LogP contribution in [0.25, 0.3) is 0 Å². The van der Waals surface area contributed by atoms with Crippen molar-refractivity contribution in [2.24, 2.45) is 0 Å². The number of amides is 2. The number of urea groups is 1. The van der Waals surface area contributed by atoms with Crippen LogP contribution < -0.4 is 10.6 Å². The highest BCUT2D eigenvalue weighted by atomic mass is 35.5. The molecule has 2 amide bonds. The van der Waals surface area contributed by atoms with E-state index in [1.165, 1.54) is 0 Å². The van der Waals surface area contributed by atoms with E-state index in [9.17, 15) is 4.79 Å². The van der Waals surface area contributed by atoms with Gasteiger partial charge in [0.1, 0.15) is 0 Å². The fourth-order valence-electron chi connectivity index (χ4n) is 1.27. The number of aliphatic hydroxyl groups is 1. The Morgan fingerprint density at radius 2 is 2.00 bits per heavy atom. The largest absolute Gasteiger partial charge is 0.392 e. The van der Waals surface area contributed by atoms with Crippen molar-refractivity contribution in [2.45, 2.75) is 19.4 Å². The molecule has 0 aliphatic rings. The Balaban J connectivity index is 2.19. The average molecular weight is 257 g/mol. The molecule has 1 aromatic carbocycles. The number of carbonyl (C=O) groups excluding carboxylic acids is 1. The van der Waals surface area contributed by atoms with Crippen molar-refractivity contribution >= 4 is 17.6 Å². The zero-order valence-electron chi connectivity index (χ0n) is 9.74. The lowest BCUT2D eigenvalue weighted by molar-refractivity contribution is 0.187. The molecule has 0 radical (unpaired) electrons. The summed E-state index contributed by atoms with van der Waals surface area (Å²) in [5.74, 6) is 0. The summed E-state index contributed by atoms with van der Waals surface area (Å²) in [5.41, 5.74) is 1.12. The lowest BCUT2D eigenvalue weighted by atomic mass is 10.1. The monoisotopic (exact) mass is 256 g/mol. The van der Waals surface area contributed by atoms with Gasteiger partial charge in [-0.3, -0.25) is 0 Å². The number of halogens is 1. The summed E-state index contributed by atoms with van der Waals surface area (Å²) in [4.78, 5) is 11.2. The number of rotatable bonds is 5. The number of benzene rings is 1. The Bertz CT molecular complexity index is 352. The van der Waals surface area contributed by atoms with Gasteiger partial charge in [0.05, 0.1) is 6.10 Å². The summed E-state index contributed by atoms with van der Waals surface area (Å²) >= 11 is 5.76. The van der Waals surface area contributed by atoms with Gasteiger partial charge in [0, 0.05) is 18.1 Å². The maximum Gasteiger partial charge on any atom is 0.314 e. The number of aliphatic hydroxyl groups excluding tert-OH is 1. The Kier molecular flexibility index (Phi) is 5.80. The number of hydrogen-bond donors (Lipinski definition) is 3. The lowest BCUT2D eigenvalue weighted by Crippen LogP contribution is -2.39. The second-order valence-electron chi connectivity index (χ2n) is 3.86. The van der Waals surface area contributed by atoms with Crippen LogP contribution in [0, 0.1) is 0 Å². The van der Waals surface area contributed by atoms with Crippen LogP contribution in [-0.2, 0) is 6.42 Å². The second-order valence-corrected chi connectivity index (χ2v) is 4.30. The van der Waals surface area contributed by atoms with E-state index in [4.69, 9.17) is 16.7 Å². The van der Waals surface area contributed by atoms with Gasteiger partial charge in [0.25, 0.3) is 0 Å². The SMILES string of the molecule is CC(O)CNC(=O)NCCc1ccc(Cl)cc1. The Hall–Kier alpha value is -1.26. The van der Waals surface area contributed by atoms with E-state index in [1.807, 2.05) is 24.3 Å². The van der Waals surface area contributed by atoms with Crippen LogP contribution >= 0.6 is 11.6 Å². The van der Waals surface area contributed by atoms with E-state index < -0.39 is 6.10 Å². The van der Waals surface area contributed by atoms with Crippen LogP contribution in [0.1, 0.15) is 12.5 Å². The molecule has 1 aromatic rings. The summed E-state index contributed by atoms with van der Waals surface area (Å²) < 4.78 is 0. The third kappa shape index (κ3) is 6.14. The van der Waals surface area contributed by atoms with Gasteiger partial charge in [-0.25, -0.2) is 4.79 Å². The molecule has 0 aromatic heterocycles. The molecule has 0 saturated carbocycles. The van der Waals surface area contributed by atoms with E-state index in [1.54, 1.807) is 6.92 Å².